The van der Waals surface area contributed by atoms with Gasteiger partial charge in [-0.25, -0.2) is 4.98 Å². The zero-order chi connectivity index (χ0) is 20.3. The number of nitrogens with zero attached hydrogens (tertiary/aromatic N) is 1. The summed E-state index contributed by atoms with van der Waals surface area (Å²) in [6.45, 7) is 6.28. The van der Waals surface area contributed by atoms with Gasteiger partial charge in [-0.15, -0.1) is 11.3 Å². The molecule has 1 aromatic heterocycles. The van der Waals surface area contributed by atoms with Crippen LogP contribution in [-0.4, -0.2) is 25.1 Å². The van der Waals surface area contributed by atoms with E-state index in [-0.39, 0.29) is 12.3 Å². The van der Waals surface area contributed by atoms with E-state index in [2.05, 4.69) is 43.2 Å². The standard InChI is InChI=1S/C22H24N2O3S/c1-13-8-15(3)17(9-14(13)2)18-12-28-22(23-18)24-21(25)11-16-6-7-19(26-4)20(10-16)27-5/h6-10,12H,11H2,1-5H3,(H,23,24,25). The van der Waals surface area contributed by atoms with Crippen LogP contribution in [-0.2, 0) is 11.2 Å². The highest BCUT2D eigenvalue weighted by Gasteiger charge is 2.12. The van der Waals surface area contributed by atoms with Gasteiger partial charge in [-0.05, 0) is 61.2 Å². The van der Waals surface area contributed by atoms with Crippen molar-refractivity contribution in [3.8, 4) is 22.8 Å². The van der Waals surface area contributed by atoms with Crippen LogP contribution in [0.3, 0.4) is 0 Å². The number of anilines is 1. The highest BCUT2D eigenvalue weighted by atomic mass is 32.1. The van der Waals surface area contributed by atoms with Crippen LogP contribution in [0.5, 0.6) is 11.5 Å². The number of carbonyl (C=O) groups is 1. The number of thiazole rings is 1. The number of ether oxygens (including phenoxy) is 2. The third-order valence-corrected chi connectivity index (χ3v) is 5.44. The second kappa shape index (κ2) is 8.44. The molecule has 0 aliphatic carbocycles. The maximum Gasteiger partial charge on any atom is 0.230 e. The summed E-state index contributed by atoms with van der Waals surface area (Å²) >= 11 is 1.43. The summed E-state index contributed by atoms with van der Waals surface area (Å²) in [4.78, 5) is 17.0. The molecule has 0 radical (unpaired) electrons. The van der Waals surface area contributed by atoms with Gasteiger partial charge < -0.3 is 14.8 Å². The van der Waals surface area contributed by atoms with Gasteiger partial charge in [-0.3, -0.25) is 4.79 Å². The minimum Gasteiger partial charge on any atom is -0.493 e. The van der Waals surface area contributed by atoms with Crippen molar-refractivity contribution < 1.29 is 14.3 Å². The average Bonchev–Trinajstić information content (AvgIpc) is 3.12. The maximum atomic E-state index is 12.4. The first-order valence-corrected chi connectivity index (χ1v) is 9.83. The van der Waals surface area contributed by atoms with E-state index in [9.17, 15) is 4.79 Å². The lowest BCUT2D eigenvalue weighted by molar-refractivity contribution is -0.115. The SMILES string of the molecule is COc1ccc(CC(=O)Nc2nc(-c3cc(C)c(C)cc3C)cs2)cc1OC. The Kier molecular flexibility index (Phi) is 5.99. The molecule has 0 fully saturated rings. The molecule has 1 amide bonds. The van der Waals surface area contributed by atoms with E-state index in [0.717, 1.165) is 16.8 Å². The van der Waals surface area contributed by atoms with Gasteiger partial charge in [-0.2, -0.15) is 0 Å². The first kappa shape index (κ1) is 19.9. The fourth-order valence-electron chi connectivity index (χ4n) is 3.03. The molecule has 0 unspecified atom stereocenters. The molecule has 0 aliphatic rings. The number of nitrogens with one attached hydrogen (secondary N) is 1. The van der Waals surface area contributed by atoms with E-state index in [0.29, 0.717) is 16.6 Å². The third kappa shape index (κ3) is 4.34. The molecule has 5 nitrogen and oxygen atoms in total. The predicted octanol–water partition coefficient (Wildman–Crippen LogP) is 4.93. The van der Waals surface area contributed by atoms with Crippen LogP contribution in [0, 0.1) is 20.8 Å². The lowest BCUT2D eigenvalue weighted by Gasteiger charge is -2.09. The van der Waals surface area contributed by atoms with Gasteiger partial charge in [0.05, 0.1) is 26.3 Å². The Morgan fingerprint density at radius 3 is 2.43 bits per heavy atom. The van der Waals surface area contributed by atoms with Gasteiger partial charge in [0, 0.05) is 10.9 Å². The quantitative estimate of drug-likeness (QED) is 0.641. The Bertz CT molecular complexity index is 1010. The molecule has 1 N–H and O–H groups in total. The number of aryl methyl sites for hydroxylation is 3. The number of benzene rings is 2. The summed E-state index contributed by atoms with van der Waals surface area (Å²) in [7, 11) is 3.16. The zero-order valence-electron chi connectivity index (χ0n) is 16.8. The molecule has 3 rings (SSSR count). The number of amides is 1. The number of methoxy groups -OCH3 is 2. The number of hydrogen-bond acceptors (Lipinski definition) is 5. The first-order chi connectivity index (χ1) is 13.4. The number of carbonyl (C=O) groups excluding carboxylic acids is 1. The highest BCUT2D eigenvalue weighted by Crippen LogP contribution is 2.30. The second-order valence-electron chi connectivity index (χ2n) is 6.70. The highest BCUT2D eigenvalue weighted by molar-refractivity contribution is 7.14. The number of rotatable bonds is 6. The van der Waals surface area contributed by atoms with Crippen molar-refractivity contribution in [2.75, 3.05) is 19.5 Å². The molecule has 28 heavy (non-hydrogen) atoms. The minimum atomic E-state index is -0.120. The Balaban J connectivity index is 1.72. The van der Waals surface area contributed by atoms with E-state index >= 15 is 0 Å². The van der Waals surface area contributed by atoms with Crippen molar-refractivity contribution in [1.82, 2.24) is 4.98 Å². The van der Waals surface area contributed by atoms with Crippen LogP contribution in [0.15, 0.2) is 35.7 Å². The van der Waals surface area contributed by atoms with Crippen molar-refractivity contribution in [3.05, 3.63) is 58.0 Å². The fourth-order valence-corrected chi connectivity index (χ4v) is 3.76. The van der Waals surface area contributed by atoms with E-state index in [1.165, 1.54) is 28.0 Å². The summed E-state index contributed by atoms with van der Waals surface area (Å²) < 4.78 is 10.5. The van der Waals surface area contributed by atoms with Crippen LogP contribution in [0.4, 0.5) is 5.13 Å². The summed E-state index contributed by atoms with van der Waals surface area (Å²) in [6, 6.07) is 9.77. The van der Waals surface area contributed by atoms with Crippen LogP contribution in [0.1, 0.15) is 22.3 Å². The Morgan fingerprint density at radius 1 is 1.00 bits per heavy atom. The second-order valence-corrected chi connectivity index (χ2v) is 7.56. The Morgan fingerprint density at radius 2 is 1.71 bits per heavy atom. The minimum absolute atomic E-state index is 0.120. The van der Waals surface area contributed by atoms with Crippen molar-refractivity contribution in [3.63, 3.8) is 0 Å². The van der Waals surface area contributed by atoms with Crippen LogP contribution in [0.2, 0.25) is 0 Å². The Labute approximate surface area is 169 Å². The third-order valence-electron chi connectivity index (χ3n) is 4.68. The fraction of sp³-hybridized carbons (Fsp3) is 0.273. The molecule has 1 heterocycles. The van der Waals surface area contributed by atoms with Gasteiger partial charge in [-0.1, -0.05) is 12.1 Å². The normalized spacial score (nSPS) is 10.6. The molecule has 3 aromatic rings. The smallest absolute Gasteiger partial charge is 0.230 e. The topological polar surface area (TPSA) is 60.5 Å². The van der Waals surface area contributed by atoms with Crippen LogP contribution < -0.4 is 14.8 Å². The molecule has 0 saturated heterocycles. The van der Waals surface area contributed by atoms with Gasteiger partial charge >= 0.3 is 0 Å². The zero-order valence-corrected chi connectivity index (χ0v) is 17.6. The van der Waals surface area contributed by atoms with E-state index in [1.54, 1.807) is 20.3 Å². The van der Waals surface area contributed by atoms with Crippen LogP contribution >= 0.6 is 11.3 Å². The average molecular weight is 397 g/mol. The van der Waals surface area contributed by atoms with Crippen LogP contribution in [0.25, 0.3) is 11.3 Å². The molecular weight excluding hydrogens is 372 g/mol. The summed E-state index contributed by atoms with van der Waals surface area (Å²) in [5.41, 5.74) is 6.49. The summed E-state index contributed by atoms with van der Waals surface area (Å²) in [6.07, 6.45) is 0.234. The Hall–Kier alpha value is -2.86. The van der Waals surface area contributed by atoms with Gasteiger partial charge in [0.2, 0.25) is 5.91 Å². The van der Waals surface area contributed by atoms with Crippen molar-refractivity contribution in [1.29, 1.82) is 0 Å². The van der Waals surface area contributed by atoms with E-state index in [1.807, 2.05) is 17.5 Å². The molecule has 0 aliphatic heterocycles. The van der Waals surface area contributed by atoms with Crippen molar-refractivity contribution >= 4 is 22.4 Å². The maximum absolute atomic E-state index is 12.4. The molecular formula is C22H24N2O3S. The van der Waals surface area contributed by atoms with E-state index in [4.69, 9.17) is 9.47 Å². The van der Waals surface area contributed by atoms with Crippen molar-refractivity contribution in [2.45, 2.75) is 27.2 Å². The molecule has 2 aromatic carbocycles. The monoisotopic (exact) mass is 396 g/mol. The lowest BCUT2D eigenvalue weighted by atomic mass is 9.99. The molecule has 0 bridgehead atoms. The summed E-state index contributed by atoms with van der Waals surface area (Å²) in [5, 5.41) is 5.46. The predicted molar refractivity (Wildman–Crippen MR) is 114 cm³/mol. The largest absolute Gasteiger partial charge is 0.493 e. The van der Waals surface area contributed by atoms with Gasteiger partial charge in [0.25, 0.3) is 0 Å². The first-order valence-electron chi connectivity index (χ1n) is 8.95. The lowest BCUT2D eigenvalue weighted by Crippen LogP contribution is -2.14. The summed E-state index contributed by atoms with van der Waals surface area (Å²) in [5.74, 6) is 1.12. The van der Waals surface area contributed by atoms with Crippen molar-refractivity contribution in [2.24, 2.45) is 0 Å². The molecule has 0 saturated carbocycles. The van der Waals surface area contributed by atoms with E-state index < -0.39 is 0 Å². The molecule has 0 atom stereocenters. The molecule has 6 heteroatoms. The number of aromatic nitrogens is 1. The number of hydrogen-bond donors (Lipinski definition) is 1. The van der Waals surface area contributed by atoms with Gasteiger partial charge in [0.15, 0.2) is 16.6 Å². The molecule has 0 spiro atoms. The van der Waals surface area contributed by atoms with Gasteiger partial charge in [0.1, 0.15) is 0 Å². The molecule has 146 valence electrons.